The lowest BCUT2D eigenvalue weighted by Crippen LogP contribution is -2.12. The second-order valence-corrected chi connectivity index (χ2v) is 3.85. The highest BCUT2D eigenvalue weighted by molar-refractivity contribution is 7.80. The van der Waals surface area contributed by atoms with Gasteiger partial charge in [0.2, 0.25) is 0 Å². The molecular weight excluding hydrogens is 182 g/mol. The molecule has 0 radical (unpaired) electrons. The number of nitrogens with one attached hydrogen (secondary N) is 1. The summed E-state index contributed by atoms with van der Waals surface area (Å²) in [5.74, 6) is 0.324. The summed E-state index contributed by atoms with van der Waals surface area (Å²) in [5, 5.41) is 13.1. The minimum absolute atomic E-state index is 0.312. The Morgan fingerprint density at radius 3 is 3.00 bits per heavy atom. The molecule has 2 rings (SSSR count). The van der Waals surface area contributed by atoms with Crippen LogP contribution in [0.25, 0.3) is 0 Å². The maximum atomic E-state index is 9.74. The van der Waals surface area contributed by atoms with Crippen molar-refractivity contribution in [1.82, 2.24) is 5.32 Å². The molecule has 1 aromatic rings. The predicted molar refractivity (Wildman–Crippen MR) is 55.3 cm³/mol. The highest BCUT2D eigenvalue weighted by atomic mass is 32.1. The van der Waals surface area contributed by atoms with Crippen molar-refractivity contribution in [1.29, 1.82) is 0 Å². The summed E-state index contributed by atoms with van der Waals surface area (Å²) in [6, 6.07) is 6.00. The molecule has 3 heteroatoms. The lowest BCUT2D eigenvalue weighted by molar-refractivity contribution is 0.444. The minimum Gasteiger partial charge on any atom is -0.506 e. The topological polar surface area (TPSA) is 32.3 Å². The van der Waals surface area contributed by atoms with Gasteiger partial charge in [0.25, 0.3) is 0 Å². The van der Waals surface area contributed by atoms with Gasteiger partial charge in [-0.3, -0.25) is 0 Å². The number of hydrogen-bond acceptors (Lipinski definition) is 3. The zero-order chi connectivity index (χ0) is 9.26. The predicted octanol–water partition coefficient (Wildman–Crippen LogP) is 2.11. The largest absolute Gasteiger partial charge is 0.506 e. The maximum absolute atomic E-state index is 9.74. The van der Waals surface area contributed by atoms with Crippen LogP contribution < -0.4 is 5.32 Å². The first-order valence-corrected chi connectivity index (χ1v) is 4.98. The first-order chi connectivity index (χ1) is 6.29. The number of para-hydroxylation sites is 1. The summed E-state index contributed by atoms with van der Waals surface area (Å²) >= 11 is 4.18. The Hall–Kier alpha value is -0.670. The van der Waals surface area contributed by atoms with E-state index < -0.39 is 0 Å². The summed E-state index contributed by atoms with van der Waals surface area (Å²) < 4.78 is 0. The molecule has 1 aliphatic rings. The molecule has 0 saturated carbocycles. The molecule has 0 amide bonds. The highest BCUT2D eigenvalue weighted by Gasteiger charge is 2.19. The van der Waals surface area contributed by atoms with Gasteiger partial charge in [-0.05, 0) is 25.5 Å². The molecule has 1 aliphatic heterocycles. The maximum Gasteiger partial charge on any atom is 0.133 e. The molecule has 1 fully saturated rings. The summed E-state index contributed by atoms with van der Waals surface area (Å²) in [4.78, 5) is 0.659. The van der Waals surface area contributed by atoms with Gasteiger partial charge in [-0.15, -0.1) is 12.6 Å². The molecule has 0 spiro atoms. The van der Waals surface area contributed by atoms with Crippen LogP contribution in [0.2, 0.25) is 0 Å². The van der Waals surface area contributed by atoms with Crippen molar-refractivity contribution in [2.24, 2.45) is 0 Å². The first kappa shape index (κ1) is 8.91. The van der Waals surface area contributed by atoms with Gasteiger partial charge in [-0.2, -0.15) is 0 Å². The van der Waals surface area contributed by atoms with Crippen LogP contribution in [0.4, 0.5) is 0 Å². The Morgan fingerprint density at radius 1 is 1.46 bits per heavy atom. The SMILES string of the molecule is Oc1c(S)cccc1[C@H]1CCCN1. The number of benzene rings is 1. The summed E-state index contributed by atoms with van der Waals surface area (Å²) in [5.41, 5.74) is 0.977. The standard InChI is InChI=1S/C10H13NOS/c12-10-7(3-1-5-9(10)13)8-4-2-6-11-8/h1,3,5,8,11-13H,2,4,6H2/t8-/m1/s1. The van der Waals surface area contributed by atoms with Crippen molar-refractivity contribution in [3.63, 3.8) is 0 Å². The normalized spacial score (nSPS) is 22.1. The van der Waals surface area contributed by atoms with E-state index in [1.807, 2.05) is 12.1 Å². The van der Waals surface area contributed by atoms with Gasteiger partial charge in [-0.25, -0.2) is 0 Å². The summed E-state index contributed by atoms with van der Waals surface area (Å²) in [6.45, 7) is 1.04. The zero-order valence-corrected chi connectivity index (χ0v) is 8.22. The van der Waals surface area contributed by atoms with Gasteiger partial charge in [0.15, 0.2) is 0 Å². The highest BCUT2D eigenvalue weighted by Crippen LogP contribution is 2.33. The van der Waals surface area contributed by atoms with E-state index in [-0.39, 0.29) is 0 Å². The second kappa shape index (κ2) is 3.60. The first-order valence-electron chi connectivity index (χ1n) is 4.53. The summed E-state index contributed by atoms with van der Waals surface area (Å²) in [7, 11) is 0. The molecule has 2 N–H and O–H groups in total. The Bertz CT molecular complexity index is 308. The van der Waals surface area contributed by atoms with Gasteiger partial charge in [0, 0.05) is 16.5 Å². The van der Waals surface area contributed by atoms with E-state index in [1.165, 1.54) is 6.42 Å². The van der Waals surface area contributed by atoms with Crippen molar-refractivity contribution in [3.05, 3.63) is 23.8 Å². The number of rotatable bonds is 1. The molecule has 2 nitrogen and oxygen atoms in total. The van der Waals surface area contributed by atoms with E-state index in [0.29, 0.717) is 16.7 Å². The van der Waals surface area contributed by atoms with Crippen LogP contribution in [-0.2, 0) is 0 Å². The lowest BCUT2D eigenvalue weighted by Gasteiger charge is -2.13. The molecule has 0 bridgehead atoms. The van der Waals surface area contributed by atoms with E-state index in [1.54, 1.807) is 6.07 Å². The van der Waals surface area contributed by atoms with Crippen LogP contribution in [0.3, 0.4) is 0 Å². The quantitative estimate of drug-likeness (QED) is 0.600. The monoisotopic (exact) mass is 195 g/mol. The van der Waals surface area contributed by atoms with Crippen molar-refractivity contribution in [3.8, 4) is 5.75 Å². The van der Waals surface area contributed by atoms with Crippen molar-refractivity contribution < 1.29 is 5.11 Å². The van der Waals surface area contributed by atoms with Crippen LogP contribution in [-0.4, -0.2) is 11.7 Å². The van der Waals surface area contributed by atoms with Gasteiger partial charge >= 0.3 is 0 Å². The molecule has 1 heterocycles. The number of aromatic hydroxyl groups is 1. The molecule has 0 aromatic heterocycles. The summed E-state index contributed by atoms with van der Waals surface area (Å²) in [6.07, 6.45) is 2.28. The Labute approximate surface area is 83.4 Å². The average molecular weight is 195 g/mol. The molecule has 0 aliphatic carbocycles. The average Bonchev–Trinajstić information content (AvgIpc) is 2.62. The lowest BCUT2D eigenvalue weighted by atomic mass is 10.0. The Balaban J connectivity index is 2.33. The third-order valence-electron chi connectivity index (χ3n) is 2.48. The third kappa shape index (κ3) is 1.67. The van der Waals surface area contributed by atoms with Crippen LogP contribution in [0, 0.1) is 0 Å². The van der Waals surface area contributed by atoms with Crippen molar-refractivity contribution in [2.75, 3.05) is 6.54 Å². The molecule has 1 atom stereocenters. The van der Waals surface area contributed by atoms with E-state index in [0.717, 1.165) is 18.5 Å². The number of phenols is 1. The third-order valence-corrected chi connectivity index (χ3v) is 2.84. The molecule has 70 valence electrons. The second-order valence-electron chi connectivity index (χ2n) is 3.36. The fraction of sp³-hybridized carbons (Fsp3) is 0.400. The van der Waals surface area contributed by atoms with Crippen LogP contribution in [0.1, 0.15) is 24.4 Å². The van der Waals surface area contributed by atoms with Crippen molar-refractivity contribution in [2.45, 2.75) is 23.8 Å². The minimum atomic E-state index is 0.312. The Kier molecular flexibility index (Phi) is 2.47. The van der Waals surface area contributed by atoms with Gasteiger partial charge in [0.1, 0.15) is 5.75 Å². The van der Waals surface area contributed by atoms with Gasteiger partial charge < -0.3 is 10.4 Å². The van der Waals surface area contributed by atoms with E-state index in [9.17, 15) is 5.11 Å². The zero-order valence-electron chi connectivity index (χ0n) is 7.33. The fourth-order valence-corrected chi connectivity index (χ4v) is 2.00. The molecule has 1 aromatic carbocycles. The number of phenolic OH excluding ortho intramolecular Hbond substituents is 1. The molecule has 1 saturated heterocycles. The van der Waals surface area contributed by atoms with Gasteiger partial charge in [0.05, 0.1) is 0 Å². The Morgan fingerprint density at radius 2 is 2.31 bits per heavy atom. The van der Waals surface area contributed by atoms with E-state index in [4.69, 9.17) is 0 Å². The van der Waals surface area contributed by atoms with Crippen LogP contribution in [0.15, 0.2) is 23.1 Å². The molecule has 0 unspecified atom stereocenters. The number of hydrogen-bond donors (Lipinski definition) is 3. The van der Waals surface area contributed by atoms with E-state index in [2.05, 4.69) is 17.9 Å². The van der Waals surface area contributed by atoms with Crippen LogP contribution in [0.5, 0.6) is 5.75 Å². The molecule has 13 heavy (non-hydrogen) atoms. The smallest absolute Gasteiger partial charge is 0.133 e. The number of thiol groups is 1. The fourth-order valence-electron chi connectivity index (χ4n) is 1.78. The van der Waals surface area contributed by atoms with E-state index >= 15 is 0 Å². The molecular formula is C10H13NOS. The van der Waals surface area contributed by atoms with Gasteiger partial charge in [-0.1, -0.05) is 12.1 Å². The van der Waals surface area contributed by atoms with Crippen LogP contribution >= 0.6 is 12.6 Å². The van der Waals surface area contributed by atoms with Crippen molar-refractivity contribution >= 4 is 12.6 Å².